The predicted octanol–water partition coefficient (Wildman–Crippen LogP) is 0.522. The Hall–Kier alpha value is -2.31. The molecular weight excluding hydrogens is 234 g/mol. The van der Waals surface area contributed by atoms with E-state index in [4.69, 9.17) is 4.74 Å². The highest BCUT2D eigenvalue weighted by molar-refractivity contribution is 5.95. The van der Waals surface area contributed by atoms with Gasteiger partial charge in [0.25, 0.3) is 0 Å². The number of carbonyl (C=O) groups excluding carboxylic acids is 1. The average Bonchev–Trinajstić information content (AvgIpc) is 2.86. The van der Waals surface area contributed by atoms with E-state index >= 15 is 0 Å². The van der Waals surface area contributed by atoms with Crippen molar-refractivity contribution in [2.75, 3.05) is 7.11 Å². The molecule has 0 aliphatic rings. The van der Waals surface area contributed by atoms with E-state index in [1.807, 2.05) is 6.92 Å². The van der Waals surface area contributed by atoms with E-state index in [0.717, 1.165) is 0 Å². The van der Waals surface area contributed by atoms with Crippen LogP contribution in [0.5, 0.6) is 5.88 Å². The van der Waals surface area contributed by atoms with E-state index in [2.05, 4.69) is 20.3 Å². The van der Waals surface area contributed by atoms with Gasteiger partial charge in [0.2, 0.25) is 5.88 Å². The molecule has 18 heavy (non-hydrogen) atoms. The quantitative estimate of drug-likeness (QED) is 0.716. The minimum atomic E-state index is -0.146. The third kappa shape index (κ3) is 2.50. The van der Waals surface area contributed by atoms with Gasteiger partial charge in [-0.25, -0.2) is 9.67 Å². The van der Waals surface area contributed by atoms with Crippen LogP contribution < -0.4 is 4.74 Å². The number of nitrogens with zero attached hydrogens (tertiary/aromatic N) is 5. The summed E-state index contributed by atoms with van der Waals surface area (Å²) < 4.78 is 6.56. The Kier molecular flexibility index (Phi) is 3.61. The molecule has 0 spiro atoms. The van der Waals surface area contributed by atoms with Gasteiger partial charge in [-0.1, -0.05) is 0 Å². The average molecular weight is 247 g/mol. The summed E-state index contributed by atoms with van der Waals surface area (Å²) in [6, 6.07) is 3.19. The molecule has 0 saturated heterocycles. The second kappa shape index (κ2) is 5.35. The van der Waals surface area contributed by atoms with Gasteiger partial charge in [0.05, 0.1) is 13.5 Å². The molecule has 0 saturated carbocycles. The van der Waals surface area contributed by atoms with Gasteiger partial charge in [-0.3, -0.25) is 4.79 Å². The molecule has 0 unspecified atom stereocenters. The van der Waals surface area contributed by atoms with Crippen LogP contribution >= 0.6 is 0 Å². The van der Waals surface area contributed by atoms with Crippen molar-refractivity contribution in [1.29, 1.82) is 0 Å². The lowest BCUT2D eigenvalue weighted by Gasteiger charge is -2.02. The Bertz CT molecular complexity index is 535. The second-order valence-corrected chi connectivity index (χ2v) is 3.55. The van der Waals surface area contributed by atoms with Gasteiger partial charge in [0.1, 0.15) is 17.8 Å². The van der Waals surface area contributed by atoms with Crippen molar-refractivity contribution in [2.24, 2.45) is 0 Å². The van der Waals surface area contributed by atoms with Crippen LogP contribution in [0.25, 0.3) is 0 Å². The van der Waals surface area contributed by atoms with E-state index in [1.54, 1.807) is 16.8 Å². The number of aromatic nitrogens is 5. The molecule has 7 nitrogen and oxygen atoms in total. The molecule has 0 N–H and O–H groups in total. The maximum Gasteiger partial charge on any atom is 0.233 e. The van der Waals surface area contributed by atoms with Gasteiger partial charge in [-0.05, 0) is 13.0 Å². The van der Waals surface area contributed by atoms with Crippen molar-refractivity contribution in [1.82, 2.24) is 25.0 Å². The largest absolute Gasteiger partial charge is 0.480 e. The summed E-state index contributed by atoms with van der Waals surface area (Å²) in [6.45, 7) is 2.62. The fourth-order valence-electron chi connectivity index (χ4n) is 1.50. The Morgan fingerprint density at radius 1 is 1.39 bits per heavy atom. The molecule has 0 amide bonds. The first-order chi connectivity index (χ1) is 8.74. The zero-order chi connectivity index (χ0) is 13.0. The van der Waals surface area contributed by atoms with E-state index in [9.17, 15) is 4.79 Å². The summed E-state index contributed by atoms with van der Waals surface area (Å²) >= 11 is 0. The molecule has 0 aliphatic carbocycles. The van der Waals surface area contributed by atoms with Crippen LogP contribution in [0.2, 0.25) is 0 Å². The van der Waals surface area contributed by atoms with Gasteiger partial charge < -0.3 is 4.74 Å². The first-order valence-electron chi connectivity index (χ1n) is 5.52. The van der Waals surface area contributed by atoms with E-state index in [0.29, 0.717) is 23.9 Å². The number of Topliss-reactive ketones (excluding diaryl/α,β-unsaturated/α-hetero) is 1. The predicted molar refractivity (Wildman–Crippen MR) is 62.3 cm³/mol. The highest BCUT2D eigenvalue weighted by Crippen LogP contribution is 2.06. The number of hydrogen-bond donors (Lipinski definition) is 0. The summed E-state index contributed by atoms with van der Waals surface area (Å²) in [7, 11) is 1.50. The molecule has 0 fully saturated rings. The topological polar surface area (TPSA) is 82.8 Å². The van der Waals surface area contributed by atoms with Crippen LogP contribution in [0.15, 0.2) is 18.5 Å². The zero-order valence-electron chi connectivity index (χ0n) is 10.2. The molecule has 2 aromatic heterocycles. The molecule has 0 bridgehead atoms. The number of aryl methyl sites for hydroxylation is 1. The molecule has 0 aromatic carbocycles. The fourth-order valence-corrected chi connectivity index (χ4v) is 1.50. The summed E-state index contributed by atoms with van der Waals surface area (Å²) in [5.74, 6) is 0.858. The smallest absolute Gasteiger partial charge is 0.233 e. The van der Waals surface area contributed by atoms with Crippen LogP contribution in [0.3, 0.4) is 0 Å². The maximum absolute atomic E-state index is 12.0. The first kappa shape index (κ1) is 12.2. The van der Waals surface area contributed by atoms with Crippen molar-refractivity contribution < 1.29 is 9.53 Å². The van der Waals surface area contributed by atoms with Gasteiger partial charge in [-0.2, -0.15) is 5.10 Å². The standard InChI is InChI=1S/C11H13N5O2/c1-3-16-10(12-7-13-16)6-9(17)8-4-5-11(18-2)15-14-8/h4-5,7H,3,6H2,1-2H3. The monoisotopic (exact) mass is 247 g/mol. The molecule has 0 radical (unpaired) electrons. The minimum Gasteiger partial charge on any atom is -0.480 e. The molecular formula is C11H13N5O2. The fraction of sp³-hybridized carbons (Fsp3) is 0.364. The Morgan fingerprint density at radius 3 is 2.83 bits per heavy atom. The van der Waals surface area contributed by atoms with Crippen LogP contribution in [-0.2, 0) is 13.0 Å². The molecule has 2 rings (SSSR count). The first-order valence-corrected chi connectivity index (χ1v) is 5.52. The Labute approximate surface area is 104 Å². The highest BCUT2D eigenvalue weighted by atomic mass is 16.5. The lowest BCUT2D eigenvalue weighted by molar-refractivity contribution is 0.0983. The van der Waals surface area contributed by atoms with Crippen molar-refractivity contribution >= 4 is 5.78 Å². The molecule has 0 aliphatic heterocycles. The van der Waals surface area contributed by atoms with Gasteiger partial charge >= 0.3 is 0 Å². The van der Waals surface area contributed by atoms with Crippen LogP contribution in [0, 0.1) is 0 Å². The highest BCUT2D eigenvalue weighted by Gasteiger charge is 2.13. The normalized spacial score (nSPS) is 10.3. The van der Waals surface area contributed by atoms with Crippen LogP contribution in [0.4, 0.5) is 0 Å². The van der Waals surface area contributed by atoms with Gasteiger partial charge in [0, 0.05) is 12.6 Å². The zero-order valence-corrected chi connectivity index (χ0v) is 10.2. The van der Waals surface area contributed by atoms with Crippen molar-refractivity contribution in [3.8, 4) is 5.88 Å². The minimum absolute atomic E-state index is 0.146. The number of ether oxygens (including phenoxy) is 1. The number of methoxy groups -OCH3 is 1. The molecule has 0 atom stereocenters. The Morgan fingerprint density at radius 2 is 2.22 bits per heavy atom. The summed E-state index contributed by atoms with van der Waals surface area (Å²) in [5.41, 5.74) is 0.293. The lowest BCUT2D eigenvalue weighted by Crippen LogP contribution is -2.12. The van der Waals surface area contributed by atoms with Crippen LogP contribution in [0.1, 0.15) is 23.2 Å². The van der Waals surface area contributed by atoms with Gasteiger partial charge in [0.15, 0.2) is 5.78 Å². The molecule has 7 heteroatoms. The van der Waals surface area contributed by atoms with E-state index < -0.39 is 0 Å². The van der Waals surface area contributed by atoms with Gasteiger partial charge in [-0.15, -0.1) is 10.2 Å². The lowest BCUT2D eigenvalue weighted by atomic mass is 10.2. The molecule has 94 valence electrons. The summed E-state index contributed by atoms with van der Waals surface area (Å²) in [6.07, 6.45) is 1.60. The van der Waals surface area contributed by atoms with E-state index in [1.165, 1.54) is 13.4 Å². The Balaban J connectivity index is 2.11. The SMILES string of the molecule is CCn1ncnc1CC(=O)c1ccc(OC)nn1. The summed E-state index contributed by atoms with van der Waals surface area (Å²) in [5, 5.41) is 11.6. The number of ketones is 1. The van der Waals surface area contributed by atoms with Crippen molar-refractivity contribution in [3.05, 3.63) is 30.0 Å². The molecule has 2 heterocycles. The number of carbonyl (C=O) groups is 1. The van der Waals surface area contributed by atoms with Crippen molar-refractivity contribution in [2.45, 2.75) is 19.9 Å². The van der Waals surface area contributed by atoms with Crippen molar-refractivity contribution in [3.63, 3.8) is 0 Å². The maximum atomic E-state index is 12.0. The number of rotatable bonds is 5. The van der Waals surface area contributed by atoms with Crippen LogP contribution in [-0.4, -0.2) is 37.9 Å². The second-order valence-electron chi connectivity index (χ2n) is 3.55. The van der Waals surface area contributed by atoms with E-state index in [-0.39, 0.29) is 12.2 Å². The summed E-state index contributed by atoms with van der Waals surface area (Å²) in [4.78, 5) is 16.0. The third-order valence-electron chi connectivity index (χ3n) is 2.45. The number of hydrogen-bond acceptors (Lipinski definition) is 6. The third-order valence-corrected chi connectivity index (χ3v) is 2.45. The molecule has 2 aromatic rings.